The zero-order valence-electron chi connectivity index (χ0n) is 9.64. The van der Waals surface area contributed by atoms with Crippen LogP contribution in [0.3, 0.4) is 0 Å². The summed E-state index contributed by atoms with van der Waals surface area (Å²) in [5.74, 6) is 1.89. The second-order valence-electron chi connectivity index (χ2n) is 3.67. The number of imidazole rings is 2. The van der Waals surface area contributed by atoms with Crippen molar-refractivity contribution in [2.24, 2.45) is 0 Å². The molecule has 0 saturated carbocycles. The fraction of sp³-hybridized carbons (Fsp3) is 0.455. The molecule has 0 saturated heterocycles. The van der Waals surface area contributed by atoms with Gasteiger partial charge in [0.25, 0.3) is 0 Å². The van der Waals surface area contributed by atoms with Gasteiger partial charge in [-0.2, -0.15) is 0 Å². The lowest BCUT2D eigenvalue weighted by atomic mass is 10.2. The number of aromatic amines is 1. The van der Waals surface area contributed by atoms with E-state index in [9.17, 15) is 0 Å². The van der Waals surface area contributed by atoms with Gasteiger partial charge in [-0.1, -0.05) is 6.92 Å². The van der Waals surface area contributed by atoms with E-state index < -0.39 is 0 Å². The first-order valence-corrected chi connectivity index (χ1v) is 5.54. The smallest absolute Gasteiger partial charge is 0.133 e. The monoisotopic (exact) mass is 219 g/mol. The molecule has 0 bridgehead atoms. The Morgan fingerprint density at radius 2 is 2.31 bits per heavy atom. The second kappa shape index (κ2) is 4.94. The third kappa shape index (κ3) is 1.99. The van der Waals surface area contributed by atoms with Crippen molar-refractivity contribution in [2.75, 3.05) is 7.05 Å². The third-order valence-corrected chi connectivity index (χ3v) is 2.55. The van der Waals surface area contributed by atoms with Gasteiger partial charge in [-0.25, -0.2) is 9.97 Å². The first kappa shape index (κ1) is 10.9. The molecule has 0 aliphatic heterocycles. The molecule has 0 fully saturated rings. The summed E-state index contributed by atoms with van der Waals surface area (Å²) in [5, 5.41) is 3.23. The normalized spacial score (nSPS) is 12.9. The number of aryl methyl sites for hydroxylation is 1. The molecule has 0 aliphatic rings. The van der Waals surface area contributed by atoms with E-state index in [1.807, 2.05) is 25.6 Å². The van der Waals surface area contributed by atoms with E-state index in [1.54, 1.807) is 6.20 Å². The van der Waals surface area contributed by atoms with Crippen molar-refractivity contribution < 1.29 is 0 Å². The van der Waals surface area contributed by atoms with E-state index >= 15 is 0 Å². The van der Waals surface area contributed by atoms with Crippen molar-refractivity contribution >= 4 is 0 Å². The fourth-order valence-corrected chi connectivity index (χ4v) is 1.83. The highest BCUT2D eigenvalue weighted by Crippen LogP contribution is 2.16. The Morgan fingerprint density at radius 1 is 1.44 bits per heavy atom. The summed E-state index contributed by atoms with van der Waals surface area (Å²) in [6, 6.07) is 0.0246. The predicted octanol–water partition coefficient (Wildman–Crippen LogP) is 1.32. The Balaban J connectivity index is 2.30. The first-order chi connectivity index (χ1) is 7.86. The maximum Gasteiger partial charge on any atom is 0.133 e. The van der Waals surface area contributed by atoms with Gasteiger partial charge in [0, 0.05) is 31.3 Å². The van der Waals surface area contributed by atoms with Crippen LogP contribution < -0.4 is 5.32 Å². The van der Waals surface area contributed by atoms with Crippen LogP contribution in [0.1, 0.15) is 31.0 Å². The highest BCUT2D eigenvalue weighted by atomic mass is 15.1. The Kier molecular flexibility index (Phi) is 3.36. The summed E-state index contributed by atoms with van der Waals surface area (Å²) in [6.45, 7) is 3.14. The van der Waals surface area contributed by atoms with E-state index in [1.165, 1.54) is 0 Å². The molecule has 2 rings (SSSR count). The number of H-pyrrole nitrogens is 1. The van der Waals surface area contributed by atoms with Crippen molar-refractivity contribution in [2.45, 2.75) is 25.9 Å². The van der Waals surface area contributed by atoms with Gasteiger partial charge in [-0.15, -0.1) is 0 Å². The van der Waals surface area contributed by atoms with Gasteiger partial charge in [-0.3, -0.25) is 0 Å². The molecule has 2 aromatic rings. The van der Waals surface area contributed by atoms with Gasteiger partial charge in [0.05, 0.1) is 0 Å². The Bertz CT molecular complexity index is 417. The Labute approximate surface area is 94.9 Å². The van der Waals surface area contributed by atoms with Crippen LogP contribution in [0.5, 0.6) is 0 Å². The zero-order valence-corrected chi connectivity index (χ0v) is 9.64. The molecule has 5 nitrogen and oxygen atoms in total. The van der Waals surface area contributed by atoms with Crippen LogP contribution in [0, 0.1) is 0 Å². The average Bonchev–Trinajstić information content (AvgIpc) is 2.92. The minimum Gasteiger partial charge on any atom is -0.347 e. The molecule has 1 atom stereocenters. The molecule has 0 aromatic carbocycles. The lowest BCUT2D eigenvalue weighted by Crippen LogP contribution is -2.23. The number of nitrogens with zero attached hydrogens (tertiary/aromatic N) is 3. The molecule has 0 radical (unpaired) electrons. The molecule has 2 aromatic heterocycles. The van der Waals surface area contributed by atoms with Gasteiger partial charge in [0.1, 0.15) is 17.7 Å². The molecular formula is C11H17N5. The standard InChI is InChI=1S/C11H17N5/c1-3-7-16-8-6-15-11(16)9(12-2)10-13-4-5-14-10/h4-6,8-9,12H,3,7H2,1-2H3,(H,13,14). The lowest BCUT2D eigenvalue weighted by Gasteiger charge is -2.15. The van der Waals surface area contributed by atoms with Crippen molar-refractivity contribution in [3.05, 3.63) is 36.4 Å². The lowest BCUT2D eigenvalue weighted by molar-refractivity contribution is 0.552. The van der Waals surface area contributed by atoms with Gasteiger partial charge in [0.15, 0.2) is 0 Å². The molecule has 86 valence electrons. The van der Waals surface area contributed by atoms with Crippen LogP contribution in [0.4, 0.5) is 0 Å². The number of hydrogen-bond donors (Lipinski definition) is 2. The van der Waals surface area contributed by atoms with Gasteiger partial charge >= 0.3 is 0 Å². The number of rotatable bonds is 5. The topological polar surface area (TPSA) is 58.5 Å². The average molecular weight is 219 g/mol. The molecule has 16 heavy (non-hydrogen) atoms. The predicted molar refractivity (Wildman–Crippen MR) is 62.0 cm³/mol. The summed E-state index contributed by atoms with van der Waals surface area (Å²) in [6.07, 6.45) is 8.52. The fourth-order valence-electron chi connectivity index (χ4n) is 1.83. The molecular weight excluding hydrogens is 202 g/mol. The van der Waals surface area contributed by atoms with Crippen molar-refractivity contribution in [1.82, 2.24) is 24.8 Å². The van der Waals surface area contributed by atoms with Crippen molar-refractivity contribution in [3.8, 4) is 0 Å². The molecule has 1 unspecified atom stereocenters. The Morgan fingerprint density at radius 3 is 2.94 bits per heavy atom. The van der Waals surface area contributed by atoms with Crippen LogP contribution >= 0.6 is 0 Å². The Hall–Kier alpha value is -1.62. The van der Waals surface area contributed by atoms with E-state index in [-0.39, 0.29) is 6.04 Å². The second-order valence-corrected chi connectivity index (χ2v) is 3.67. The van der Waals surface area contributed by atoms with Crippen LogP contribution in [-0.4, -0.2) is 26.6 Å². The van der Waals surface area contributed by atoms with Crippen LogP contribution in [0.2, 0.25) is 0 Å². The summed E-state index contributed by atoms with van der Waals surface area (Å²) in [5.41, 5.74) is 0. The van der Waals surface area contributed by atoms with Crippen molar-refractivity contribution in [1.29, 1.82) is 0 Å². The molecule has 0 amide bonds. The summed E-state index contributed by atoms with van der Waals surface area (Å²) < 4.78 is 2.16. The van der Waals surface area contributed by atoms with Gasteiger partial charge in [0.2, 0.25) is 0 Å². The molecule has 2 heterocycles. The van der Waals surface area contributed by atoms with Crippen LogP contribution in [0.25, 0.3) is 0 Å². The minimum absolute atomic E-state index is 0.0246. The maximum absolute atomic E-state index is 4.40. The van der Waals surface area contributed by atoms with E-state index in [0.29, 0.717) is 0 Å². The summed E-state index contributed by atoms with van der Waals surface area (Å²) in [4.78, 5) is 11.8. The van der Waals surface area contributed by atoms with Crippen LogP contribution in [0.15, 0.2) is 24.8 Å². The molecule has 0 spiro atoms. The van der Waals surface area contributed by atoms with E-state index in [0.717, 1.165) is 24.6 Å². The van der Waals surface area contributed by atoms with Crippen molar-refractivity contribution in [3.63, 3.8) is 0 Å². The quantitative estimate of drug-likeness (QED) is 0.797. The SMILES string of the molecule is CCCn1ccnc1C(NC)c1ncc[nH]1. The van der Waals surface area contributed by atoms with Crippen LogP contribution in [-0.2, 0) is 6.54 Å². The maximum atomic E-state index is 4.40. The highest BCUT2D eigenvalue weighted by Gasteiger charge is 2.18. The first-order valence-electron chi connectivity index (χ1n) is 5.54. The number of aromatic nitrogens is 4. The highest BCUT2D eigenvalue weighted by molar-refractivity contribution is 5.11. The molecule has 2 N–H and O–H groups in total. The van der Waals surface area contributed by atoms with Gasteiger partial charge in [-0.05, 0) is 13.5 Å². The number of hydrogen-bond acceptors (Lipinski definition) is 3. The minimum atomic E-state index is 0.0246. The molecule has 0 aliphatic carbocycles. The van der Waals surface area contributed by atoms with Gasteiger partial charge < -0.3 is 14.9 Å². The summed E-state index contributed by atoms with van der Waals surface area (Å²) in [7, 11) is 1.91. The largest absolute Gasteiger partial charge is 0.347 e. The third-order valence-electron chi connectivity index (χ3n) is 2.55. The molecule has 5 heteroatoms. The van der Waals surface area contributed by atoms with E-state index in [2.05, 4.69) is 31.8 Å². The van der Waals surface area contributed by atoms with E-state index in [4.69, 9.17) is 0 Å². The summed E-state index contributed by atoms with van der Waals surface area (Å²) >= 11 is 0. The number of nitrogens with one attached hydrogen (secondary N) is 2. The zero-order chi connectivity index (χ0) is 11.4.